The number of hydrogen-bond acceptors (Lipinski definition) is 6. The third-order valence-electron chi connectivity index (χ3n) is 8.00. The van der Waals surface area contributed by atoms with Crippen LogP contribution in [0.2, 0.25) is 10.0 Å². The zero-order valence-corrected chi connectivity index (χ0v) is 27.3. The second-order valence-electron chi connectivity index (χ2n) is 11.3. The Hall–Kier alpha value is -4.71. The number of anilines is 1. The van der Waals surface area contributed by atoms with E-state index < -0.39 is 13.0 Å². The van der Waals surface area contributed by atoms with Crippen LogP contribution in [0.1, 0.15) is 26.4 Å². The molecule has 9 nitrogen and oxygen atoms in total. The van der Waals surface area contributed by atoms with Crippen molar-refractivity contribution < 1.29 is 27.8 Å². The molecule has 1 fully saturated rings. The number of alkyl halides is 2. The summed E-state index contributed by atoms with van der Waals surface area (Å²) < 4.78 is 37.7. The minimum atomic E-state index is -2.51. The van der Waals surface area contributed by atoms with Gasteiger partial charge in [-0.25, -0.2) is 13.8 Å². The summed E-state index contributed by atoms with van der Waals surface area (Å²) >= 11 is 12.0. The normalized spacial score (nSPS) is 13.6. The lowest BCUT2D eigenvalue weighted by molar-refractivity contribution is 0.0619. The van der Waals surface area contributed by atoms with Gasteiger partial charge >= 0.3 is 0 Å². The molecule has 5 aromatic rings. The van der Waals surface area contributed by atoms with Crippen molar-refractivity contribution in [1.82, 2.24) is 19.4 Å². The maximum atomic E-state index is 13.5. The molecule has 2 amide bonds. The standard InChI is InChI=1S/C35H31Cl2F2N5O4/c1-42-30-18-27(48-33-11-6-25(19-40-33)41-34(45)24-5-10-28(36)29(37)16-24)9-4-23(30)17-31(42)35(46)44-14-12-43(13-15-44)20-22-2-7-26(8-3-22)47-21-32(38)39/h2-11,16-19,32H,12-15,20-21H2,1H3,(H,41,45). The van der Waals surface area contributed by atoms with Gasteiger partial charge in [-0.15, -0.1) is 0 Å². The largest absolute Gasteiger partial charge is 0.488 e. The number of amides is 2. The second kappa shape index (κ2) is 14.6. The summed E-state index contributed by atoms with van der Waals surface area (Å²) in [6.45, 7) is 2.66. The number of fused-ring (bicyclic) bond motifs is 1. The van der Waals surface area contributed by atoms with Gasteiger partial charge in [0.2, 0.25) is 5.88 Å². The highest BCUT2D eigenvalue weighted by Gasteiger charge is 2.25. The number of carbonyl (C=O) groups is 2. The molecule has 2 aromatic heterocycles. The van der Waals surface area contributed by atoms with Gasteiger partial charge in [-0.3, -0.25) is 14.5 Å². The number of benzene rings is 3. The predicted molar refractivity (Wildman–Crippen MR) is 181 cm³/mol. The van der Waals surface area contributed by atoms with Crippen molar-refractivity contribution in [2.75, 3.05) is 38.1 Å². The van der Waals surface area contributed by atoms with E-state index in [9.17, 15) is 18.4 Å². The van der Waals surface area contributed by atoms with Crippen LogP contribution in [-0.4, -0.2) is 70.4 Å². The fraction of sp³-hybridized carbons (Fsp3) is 0.229. The Labute approximate surface area is 285 Å². The van der Waals surface area contributed by atoms with Crippen molar-refractivity contribution in [2.45, 2.75) is 13.0 Å². The second-order valence-corrected chi connectivity index (χ2v) is 12.1. The van der Waals surface area contributed by atoms with Gasteiger partial charge in [0.1, 0.15) is 23.8 Å². The number of aromatic nitrogens is 2. The van der Waals surface area contributed by atoms with Crippen molar-refractivity contribution in [2.24, 2.45) is 7.05 Å². The van der Waals surface area contributed by atoms with E-state index in [0.717, 1.165) is 16.5 Å². The van der Waals surface area contributed by atoms with Crippen LogP contribution in [0.15, 0.2) is 85.1 Å². The van der Waals surface area contributed by atoms with Crippen LogP contribution < -0.4 is 14.8 Å². The average molecular weight is 695 g/mol. The zero-order chi connectivity index (χ0) is 33.8. The minimum absolute atomic E-state index is 0.0449. The predicted octanol–water partition coefficient (Wildman–Crippen LogP) is 7.53. The summed E-state index contributed by atoms with van der Waals surface area (Å²) in [5.74, 6) is 0.900. The lowest BCUT2D eigenvalue weighted by Gasteiger charge is -2.34. The molecule has 248 valence electrons. The zero-order valence-electron chi connectivity index (χ0n) is 25.8. The molecule has 0 radical (unpaired) electrons. The average Bonchev–Trinajstić information content (AvgIpc) is 3.41. The van der Waals surface area contributed by atoms with Gasteiger partial charge in [0.15, 0.2) is 0 Å². The molecular weight excluding hydrogens is 663 g/mol. The monoisotopic (exact) mass is 693 g/mol. The highest BCUT2D eigenvalue weighted by atomic mass is 35.5. The van der Waals surface area contributed by atoms with E-state index in [1.165, 1.54) is 12.3 Å². The Morgan fingerprint density at radius 3 is 2.33 bits per heavy atom. The quantitative estimate of drug-likeness (QED) is 0.163. The molecule has 3 heterocycles. The third-order valence-corrected chi connectivity index (χ3v) is 8.74. The molecule has 1 aliphatic heterocycles. The highest BCUT2D eigenvalue weighted by Crippen LogP contribution is 2.28. The number of nitrogens with zero attached hydrogens (tertiary/aromatic N) is 4. The molecule has 0 unspecified atom stereocenters. The van der Waals surface area contributed by atoms with E-state index in [1.807, 2.05) is 52.9 Å². The van der Waals surface area contributed by atoms with Crippen molar-refractivity contribution in [3.8, 4) is 17.4 Å². The van der Waals surface area contributed by atoms with E-state index in [0.29, 0.717) is 72.1 Å². The van der Waals surface area contributed by atoms with Crippen LogP contribution in [0.3, 0.4) is 0 Å². The Balaban J connectivity index is 1.04. The SMILES string of the molecule is Cn1c(C(=O)N2CCN(Cc3ccc(OCC(F)F)cc3)CC2)cc2ccc(Oc3ccc(NC(=O)c4ccc(Cl)c(Cl)c4)cn3)cc21. The molecule has 0 saturated carbocycles. The first-order valence-electron chi connectivity index (χ1n) is 15.1. The summed E-state index contributed by atoms with van der Waals surface area (Å²) in [5.41, 5.74) is 3.30. The number of ether oxygens (including phenoxy) is 2. The first-order chi connectivity index (χ1) is 23.1. The van der Waals surface area contributed by atoms with Crippen LogP contribution in [0.25, 0.3) is 10.9 Å². The van der Waals surface area contributed by atoms with Crippen molar-refractivity contribution >= 4 is 51.6 Å². The number of pyridine rings is 1. The lowest BCUT2D eigenvalue weighted by atomic mass is 10.2. The fourth-order valence-corrected chi connectivity index (χ4v) is 5.73. The minimum Gasteiger partial charge on any atom is -0.488 e. The summed E-state index contributed by atoms with van der Waals surface area (Å²) in [6, 6.07) is 22.6. The molecule has 0 spiro atoms. The smallest absolute Gasteiger partial charge is 0.272 e. The Morgan fingerprint density at radius 2 is 1.65 bits per heavy atom. The van der Waals surface area contributed by atoms with Gasteiger partial charge in [-0.1, -0.05) is 35.3 Å². The van der Waals surface area contributed by atoms with Gasteiger partial charge in [0.25, 0.3) is 18.2 Å². The molecule has 1 N–H and O–H groups in total. The van der Waals surface area contributed by atoms with Gasteiger partial charge in [-0.05, 0) is 60.2 Å². The molecule has 0 bridgehead atoms. The fourth-order valence-electron chi connectivity index (χ4n) is 5.43. The van der Waals surface area contributed by atoms with E-state index in [2.05, 4.69) is 15.2 Å². The molecule has 13 heteroatoms. The van der Waals surface area contributed by atoms with Crippen LogP contribution >= 0.6 is 23.2 Å². The number of aryl methyl sites for hydroxylation is 1. The van der Waals surface area contributed by atoms with Crippen molar-refractivity contribution in [3.63, 3.8) is 0 Å². The van der Waals surface area contributed by atoms with Gasteiger partial charge < -0.3 is 24.3 Å². The number of carbonyl (C=O) groups excluding carboxylic acids is 2. The van der Waals surface area contributed by atoms with E-state index in [-0.39, 0.29) is 16.8 Å². The molecule has 0 atom stereocenters. The molecule has 0 aliphatic carbocycles. The molecule has 3 aromatic carbocycles. The van der Waals surface area contributed by atoms with Crippen LogP contribution in [-0.2, 0) is 13.6 Å². The third kappa shape index (κ3) is 7.87. The Bertz CT molecular complexity index is 1930. The Morgan fingerprint density at radius 1 is 0.896 bits per heavy atom. The maximum Gasteiger partial charge on any atom is 0.272 e. The topological polar surface area (TPSA) is 88.9 Å². The van der Waals surface area contributed by atoms with Gasteiger partial charge in [-0.2, -0.15) is 0 Å². The maximum absolute atomic E-state index is 13.5. The number of piperazine rings is 1. The lowest BCUT2D eigenvalue weighted by Crippen LogP contribution is -2.48. The van der Waals surface area contributed by atoms with E-state index in [4.69, 9.17) is 32.7 Å². The molecule has 1 saturated heterocycles. The Kier molecular flexibility index (Phi) is 10.1. The van der Waals surface area contributed by atoms with Crippen LogP contribution in [0.4, 0.5) is 14.5 Å². The van der Waals surface area contributed by atoms with E-state index >= 15 is 0 Å². The van der Waals surface area contributed by atoms with Crippen LogP contribution in [0, 0.1) is 0 Å². The summed E-state index contributed by atoms with van der Waals surface area (Å²) in [5, 5.41) is 4.32. The first kappa shape index (κ1) is 33.2. The first-order valence-corrected chi connectivity index (χ1v) is 15.9. The highest BCUT2D eigenvalue weighted by molar-refractivity contribution is 6.42. The number of rotatable bonds is 10. The summed E-state index contributed by atoms with van der Waals surface area (Å²) in [4.78, 5) is 34.5. The summed E-state index contributed by atoms with van der Waals surface area (Å²) in [6.07, 6.45) is -1.02. The molecule has 48 heavy (non-hydrogen) atoms. The number of hydrogen-bond donors (Lipinski definition) is 1. The van der Waals surface area contributed by atoms with Crippen LogP contribution in [0.5, 0.6) is 17.4 Å². The molecule has 6 rings (SSSR count). The van der Waals surface area contributed by atoms with Crippen molar-refractivity contribution in [3.05, 3.63) is 112 Å². The summed E-state index contributed by atoms with van der Waals surface area (Å²) in [7, 11) is 1.86. The number of halogens is 4. The van der Waals surface area contributed by atoms with Crippen molar-refractivity contribution in [1.29, 1.82) is 0 Å². The van der Waals surface area contributed by atoms with Gasteiger partial charge in [0, 0.05) is 62.9 Å². The van der Waals surface area contributed by atoms with Gasteiger partial charge in [0.05, 0.1) is 27.4 Å². The van der Waals surface area contributed by atoms with E-state index in [1.54, 1.807) is 36.4 Å². The molecule has 1 aliphatic rings. The molecular formula is C35H31Cl2F2N5O4. The number of nitrogens with one attached hydrogen (secondary N) is 1.